The second-order valence-electron chi connectivity index (χ2n) is 6.85. The van der Waals surface area contributed by atoms with E-state index in [1.54, 1.807) is 30.3 Å². The molecular weight excluding hydrogens is 366 g/mol. The van der Waals surface area contributed by atoms with E-state index >= 15 is 0 Å². The molecule has 0 aromatic heterocycles. The van der Waals surface area contributed by atoms with Gasteiger partial charge in [0.15, 0.2) is 0 Å². The van der Waals surface area contributed by atoms with Crippen LogP contribution >= 0.6 is 0 Å². The number of benzene rings is 2. The van der Waals surface area contributed by atoms with E-state index in [9.17, 15) is 18.0 Å². The number of carbonyl (C=O) groups is 2. The van der Waals surface area contributed by atoms with Crippen LogP contribution in [0.25, 0.3) is 0 Å². The van der Waals surface area contributed by atoms with Gasteiger partial charge in [-0.1, -0.05) is 31.0 Å². The van der Waals surface area contributed by atoms with Crippen molar-refractivity contribution in [2.24, 2.45) is 11.8 Å². The third kappa shape index (κ3) is 3.23. The van der Waals surface area contributed by atoms with Crippen LogP contribution in [0.1, 0.15) is 25.7 Å². The predicted octanol–water partition coefficient (Wildman–Crippen LogP) is 3.13. The average molecular weight is 385 g/mol. The van der Waals surface area contributed by atoms with E-state index in [0.29, 0.717) is 5.69 Å². The molecule has 2 aromatic rings. The molecule has 2 fully saturated rings. The largest absolute Gasteiger partial charge is 0.379 e. The number of hydrogen-bond acceptors (Lipinski definition) is 5. The normalized spacial score (nSPS) is 22.6. The minimum absolute atomic E-state index is 0.0584. The van der Waals surface area contributed by atoms with Crippen LogP contribution in [-0.2, 0) is 19.7 Å². The maximum atomic E-state index is 12.6. The molecule has 140 valence electrons. The summed E-state index contributed by atoms with van der Waals surface area (Å²) in [5.74, 6) is -0.633. The van der Waals surface area contributed by atoms with Crippen LogP contribution in [0.3, 0.4) is 0 Å². The zero-order chi connectivity index (χ0) is 19.0. The molecule has 0 radical (unpaired) electrons. The molecule has 0 spiro atoms. The van der Waals surface area contributed by atoms with Crippen LogP contribution in [0.5, 0.6) is 5.75 Å². The fourth-order valence-electron chi connectivity index (χ4n) is 3.83. The highest BCUT2D eigenvalue weighted by Gasteiger charge is 2.48. The van der Waals surface area contributed by atoms with Crippen molar-refractivity contribution < 1.29 is 22.2 Å². The second kappa shape index (κ2) is 6.81. The Morgan fingerprint density at radius 1 is 0.815 bits per heavy atom. The Morgan fingerprint density at radius 2 is 1.37 bits per heavy atom. The summed E-state index contributed by atoms with van der Waals surface area (Å²) < 4.78 is 29.7. The van der Waals surface area contributed by atoms with Gasteiger partial charge in [0, 0.05) is 0 Å². The van der Waals surface area contributed by atoms with Gasteiger partial charge in [-0.15, -0.1) is 0 Å². The Hall–Kier alpha value is -2.67. The fourth-order valence-corrected chi connectivity index (χ4v) is 4.78. The zero-order valence-corrected chi connectivity index (χ0v) is 15.4. The van der Waals surface area contributed by atoms with Crippen molar-refractivity contribution in [3.8, 4) is 5.75 Å². The Labute approximate surface area is 157 Å². The summed E-state index contributed by atoms with van der Waals surface area (Å²) in [7, 11) is -3.93. The van der Waals surface area contributed by atoms with Gasteiger partial charge in [-0.25, -0.2) is 0 Å². The number of rotatable bonds is 4. The lowest BCUT2D eigenvalue weighted by atomic mass is 9.81. The van der Waals surface area contributed by atoms with Crippen LogP contribution in [0.2, 0.25) is 0 Å². The van der Waals surface area contributed by atoms with Crippen LogP contribution in [-0.4, -0.2) is 20.2 Å². The first-order valence-electron chi connectivity index (χ1n) is 8.95. The molecule has 4 rings (SSSR count). The van der Waals surface area contributed by atoms with Gasteiger partial charge in [-0.3, -0.25) is 14.5 Å². The van der Waals surface area contributed by atoms with Crippen molar-refractivity contribution in [1.29, 1.82) is 0 Å². The number of anilines is 1. The van der Waals surface area contributed by atoms with Gasteiger partial charge in [0.05, 0.1) is 17.5 Å². The minimum Gasteiger partial charge on any atom is -0.379 e. The van der Waals surface area contributed by atoms with Crippen molar-refractivity contribution in [1.82, 2.24) is 0 Å². The Bertz CT molecular complexity index is 945. The molecule has 1 aliphatic carbocycles. The molecule has 1 heterocycles. The van der Waals surface area contributed by atoms with E-state index in [2.05, 4.69) is 0 Å². The summed E-state index contributed by atoms with van der Waals surface area (Å²) in [6.07, 6.45) is 3.45. The zero-order valence-electron chi connectivity index (χ0n) is 14.6. The summed E-state index contributed by atoms with van der Waals surface area (Å²) in [5, 5.41) is 0. The van der Waals surface area contributed by atoms with Crippen molar-refractivity contribution in [2.45, 2.75) is 30.6 Å². The van der Waals surface area contributed by atoms with E-state index in [4.69, 9.17) is 4.18 Å². The lowest BCUT2D eigenvalue weighted by Gasteiger charge is -2.19. The highest BCUT2D eigenvalue weighted by atomic mass is 32.2. The first-order chi connectivity index (χ1) is 13.0. The predicted molar refractivity (Wildman–Crippen MR) is 98.6 cm³/mol. The van der Waals surface area contributed by atoms with Crippen molar-refractivity contribution in [3.05, 3.63) is 54.6 Å². The van der Waals surface area contributed by atoms with Gasteiger partial charge in [0.2, 0.25) is 11.8 Å². The van der Waals surface area contributed by atoms with E-state index in [-0.39, 0.29) is 34.3 Å². The van der Waals surface area contributed by atoms with Crippen LogP contribution in [0.15, 0.2) is 59.5 Å². The van der Waals surface area contributed by atoms with Crippen LogP contribution in [0, 0.1) is 11.8 Å². The van der Waals surface area contributed by atoms with Gasteiger partial charge in [0.1, 0.15) is 10.6 Å². The summed E-state index contributed by atoms with van der Waals surface area (Å²) in [4.78, 5) is 26.5. The Balaban J connectivity index is 1.54. The maximum absolute atomic E-state index is 12.6. The van der Waals surface area contributed by atoms with Gasteiger partial charge < -0.3 is 4.18 Å². The van der Waals surface area contributed by atoms with Gasteiger partial charge in [-0.2, -0.15) is 8.42 Å². The fraction of sp³-hybridized carbons (Fsp3) is 0.300. The molecule has 0 N–H and O–H groups in total. The molecule has 2 atom stereocenters. The molecular formula is C20H19NO5S. The quantitative estimate of drug-likeness (QED) is 0.597. The number of hydrogen-bond donors (Lipinski definition) is 0. The summed E-state index contributed by atoms with van der Waals surface area (Å²) in [6.45, 7) is 0. The monoisotopic (exact) mass is 385 g/mol. The first kappa shape index (κ1) is 17.7. The van der Waals surface area contributed by atoms with E-state index < -0.39 is 10.1 Å². The van der Waals surface area contributed by atoms with E-state index in [0.717, 1.165) is 25.7 Å². The number of amides is 2. The van der Waals surface area contributed by atoms with Crippen LogP contribution < -0.4 is 9.08 Å². The highest BCUT2D eigenvalue weighted by molar-refractivity contribution is 7.87. The first-order valence-corrected chi connectivity index (χ1v) is 10.4. The van der Waals surface area contributed by atoms with E-state index in [1.165, 1.54) is 29.2 Å². The van der Waals surface area contributed by atoms with Crippen molar-refractivity contribution in [3.63, 3.8) is 0 Å². The molecule has 6 nitrogen and oxygen atoms in total. The van der Waals surface area contributed by atoms with Gasteiger partial charge >= 0.3 is 10.1 Å². The summed E-state index contributed by atoms with van der Waals surface area (Å²) in [5.41, 5.74) is 0.448. The lowest BCUT2D eigenvalue weighted by molar-refractivity contribution is -0.122. The minimum atomic E-state index is -3.93. The summed E-state index contributed by atoms with van der Waals surface area (Å²) in [6, 6.07) is 13.9. The molecule has 2 aromatic carbocycles. The molecule has 2 amide bonds. The molecule has 1 saturated heterocycles. The van der Waals surface area contributed by atoms with Gasteiger partial charge in [-0.05, 0) is 49.2 Å². The standard InChI is InChI=1S/C20H19NO5S/c22-19-17-8-4-5-9-18(17)20(23)21(19)14-10-12-15(13-11-14)26-27(24,25)16-6-2-1-3-7-16/h1-3,6-7,10-13,17-18H,4-5,8-9H2/t17-,18-/m1/s1. The van der Waals surface area contributed by atoms with E-state index in [1.807, 2.05) is 0 Å². The molecule has 1 aliphatic heterocycles. The SMILES string of the molecule is O=C1[C@@H]2CCCC[C@H]2C(=O)N1c1ccc(OS(=O)(=O)c2ccccc2)cc1. The number of fused-ring (bicyclic) bond motifs is 1. The van der Waals surface area contributed by atoms with Crippen LogP contribution in [0.4, 0.5) is 5.69 Å². The van der Waals surface area contributed by atoms with Crippen molar-refractivity contribution in [2.75, 3.05) is 4.90 Å². The molecule has 1 saturated carbocycles. The highest BCUT2D eigenvalue weighted by Crippen LogP contribution is 2.40. The topological polar surface area (TPSA) is 80.8 Å². The molecule has 2 aliphatic rings. The number of carbonyl (C=O) groups excluding carboxylic acids is 2. The number of nitrogens with zero attached hydrogens (tertiary/aromatic N) is 1. The molecule has 27 heavy (non-hydrogen) atoms. The molecule has 0 unspecified atom stereocenters. The van der Waals surface area contributed by atoms with Crippen molar-refractivity contribution >= 4 is 27.6 Å². The summed E-state index contributed by atoms with van der Waals surface area (Å²) >= 11 is 0. The molecule has 7 heteroatoms. The molecule has 0 bridgehead atoms. The Morgan fingerprint density at radius 3 is 1.93 bits per heavy atom. The lowest BCUT2D eigenvalue weighted by Crippen LogP contribution is -2.30. The van der Waals surface area contributed by atoms with Gasteiger partial charge in [0.25, 0.3) is 0 Å². The number of imide groups is 1. The maximum Gasteiger partial charge on any atom is 0.339 e. The average Bonchev–Trinajstić information content (AvgIpc) is 2.94. The third-order valence-electron chi connectivity index (χ3n) is 5.17. The Kier molecular flexibility index (Phi) is 4.47. The third-order valence-corrected chi connectivity index (χ3v) is 6.44. The smallest absolute Gasteiger partial charge is 0.339 e. The second-order valence-corrected chi connectivity index (χ2v) is 8.40.